The number of amides is 1. The van der Waals surface area contributed by atoms with Crippen molar-refractivity contribution in [3.05, 3.63) is 58.7 Å². The summed E-state index contributed by atoms with van der Waals surface area (Å²) in [5.41, 5.74) is 2.69. The van der Waals surface area contributed by atoms with E-state index in [1.807, 2.05) is 59.7 Å². The maximum absolute atomic E-state index is 12.6. The number of nitrogens with zero attached hydrogens (tertiary/aromatic N) is 1. The largest absolute Gasteiger partial charge is 0.507 e. The van der Waals surface area contributed by atoms with E-state index >= 15 is 0 Å². The fourth-order valence-electron chi connectivity index (χ4n) is 2.75. The first-order chi connectivity index (χ1) is 11.9. The first kappa shape index (κ1) is 19.5. The number of carbonyl (C=O) groups is 1. The second-order valence-electron chi connectivity index (χ2n) is 8.56. The molecule has 0 saturated carbocycles. The number of hydrogen-bond acceptors (Lipinski definition) is 3. The normalized spacial score (nSPS) is 11.7. The number of anilines is 1. The van der Waals surface area contributed by atoms with Crippen LogP contribution in [-0.2, 0) is 10.8 Å². The Hall–Kier alpha value is -2.80. The van der Waals surface area contributed by atoms with E-state index in [1.54, 1.807) is 24.3 Å². The first-order valence-corrected chi connectivity index (χ1v) is 8.63. The summed E-state index contributed by atoms with van der Waals surface area (Å²) in [6.07, 6.45) is 0. The molecule has 136 valence electrons. The van der Waals surface area contributed by atoms with Gasteiger partial charge < -0.3 is 10.4 Å². The zero-order valence-corrected chi connectivity index (χ0v) is 16.3. The van der Waals surface area contributed by atoms with Crippen LogP contribution in [0.4, 0.5) is 5.69 Å². The SMILES string of the molecule is CC(C)(C)c1cc(NC(=O)c2ccc(C#N)cc2)cc(C(C)(C)C)c1O. The standard InChI is InChI=1S/C22H26N2O2/c1-21(2,3)17-11-16(12-18(19(17)25)22(4,5)6)24-20(26)15-9-7-14(13-23)8-10-15/h7-12,25H,1-6H3,(H,24,26). The maximum atomic E-state index is 12.6. The minimum absolute atomic E-state index is 0.250. The molecule has 26 heavy (non-hydrogen) atoms. The summed E-state index contributed by atoms with van der Waals surface area (Å²) in [6.45, 7) is 12.2. The van der Waals surface area contributed by atoms with Crippen LogP contribution < -0.4 is 5.32 Å². The van der Waals surface area contributed by atoms with Crippen LogP contribution >= 0.6 is 0 Å². The topological polar surface area (TPSA) is 73.1 Å². The molecule has 0 heterocycles. The number of nitrogens with one attached hydrogen (secondary N) is 1. The Kier molecular flexibility index (Phi) is 5.13. The molecule has 0 spiro atoms. The quantitative estimate of drug-likeness (QED) is 0.739. The summed E-state index contributed by atoms with van der Waals surface area (Å²) < 4.78 is 0. The third-order valence-corrected chi connectivity index (χ3v) is 4.26. The smallest absolute Gasteiger partial charge is 0.255 e. The van der Waals surface area contributed by atoms with Crippen molar-refractivity contribution in [3.63, 3.8) is 0 Å². The van der Waals surface area contributed by atoms with Gasteiger partial charge >= 0.3 is 0 Å². The van der Waals surface area contributed by atoms with Crippen molar-refractivity contribution in [1.82, 2.24) is 0 Å². The molecule has 2 aromatic carbocycles. The van der Waals surface area contributed by atoms with Crippen molar-refractivity contribution >= 4 is 11.6 Å². The lowest BCUT2D eigenvalue weighted by Crippen LogP contribution is -2.19. The molecule has 0 aromatic heterocycles. The molecule has 0 unspecified atom stereocenters. The lowest BCUT2D eigenvalue weighted by atomic mass is 9.79. The van der Waals surface area contributed by atoms with Crippen molar-refractivity contribution in [3.8, 4) is 11.8 Å². The van der Waals surface area contributed by atoms with E-state index in [0.29, 0.717) is 16.8 Å². The number of phenols is 1. The number of rotatable bonds is 2. The molecule has 1 amide bonds. The average molecular weight is 350 g/mol. The Balaban J connectivity index is 2.45. The molecule has 2 N–H and O–H groups in total. The van der Waals surface area contributed by atoms with Crippen molar-refractivity contribution in [2.45, 2.75) is 52.4 Å². The summed E-state index contributed by atoms with van der Waals surface area (Å²) in [5, 5.41) is 22.5. The highest BCUT2D eigenvalue weighted by molar-refractivity contribution is 6.04. The zero-order chi connectivity index (χ0) is 19.7. The van der Waals surface area contributed by atoms with E-state index in [1.165, 1.54) is 0 Å². The summed E-state index contributed by atoms with van der Waals surface area (Å²) in [4.78, 5) is 12.6. The second-order valence-corrected chi connectivity index (χ2v) is 8.56. The Morgan fingerprint density at radius 3 is 1.81 bits per heavy atom. The van der Waals surface area contributed by atoms with Crippen molar-refractivity contribution in [1.29, 1.82) is 5.26 Å². The molecule has 4 nitrogen and oxygen atoms in total. The fraction of sp³-hybridized carbons (Fsp3) is 0.364. The predicted molar refractivity (Wildman–Crippen MR) is 105 cm³/mol. The maximum Gasteiger partial charge on any atom is 0.255 e. The molecule has 0 atom stereocenters. The minimum atomic E-state index is -0.265. The van der Waals surface area contributed by atoms with Gasteiger partial charge in [0.1, 0.15) is 5.75 Å². The second kappa shape index (κ2) is 6.84. The number of nitriles is 1. The number of benzene rings is 2. The highest BCUT2D eigenvalue weighted by Gasteiger charge is 2.27. The molecule has 0 aliphatic heterocycles. The molecular weight excluding hydrogens is 324 g/mol. The van der Waals surface area contributed by atoms with Crippen LogP contribution in [0.15, 0.2) is 36.4 Å². The molecule has 0 aliphatic carbocycles. The number of carbonyl (C=O) groups excluding carboxylic acids is 1. The third kappa shape index (κ3) is 4.23. The van der Waals surface area contributed by atoms with Crippen LogP contribution in [0.1, 0.15) is 68.6 Å². The van der Waals surface area contributed by atoms with E-state index in [-0.39, 0.29) is 22.5 Å². The van der Waals surface area contributed by atoms with Crippen molar-refractivity contribution < 1.29 is 9.90 Å². The van der Waals surface area contributed by atoms with Gasteiger partial charge in [0.15, 0.2) is 0 Å². The molecule has 0 fully saturated rings. The van der Waals surface area contributed by atoms with Crippen molar-refractivity contribution in [2.75, 3.05) is 5.32 Å². The van der Waals surface area contributed by atoms with Crippen LogP contribution in [0, 0.1) is 11.3 Å². The van der Waals surface area contributed by atoms with Crippen LogP contribution in [0.25, 0.3) is 0 Å². The molecule has 4 heteroatoms. The van der Waals surface area contributed by atoms with Crippen LogP contribution in [0.3, 0.4) is 0 Å². The molecule has 2 rings (SSSR count). The Bertz CT molecular complexity index is 826. The Morgan fingerprint density at radius 1 is 0.962 bits per heavy atom. The van der Waals surface area contributed by atoms with Gasteiger partial charge in [-0.1, -0.05) is 41.5 Å². The van der Waals surface area contributed by atoms with Gasteiger partial charge in [0.05, 0.1) is 11.6 Å². The summed E-state index contributed by atoms with van der Waals surface area (Å²) in [6, 6.07) is 12.2. The molecule has 0 bridgehead atoms. The molecule has 0 saturated heterocycles. The van der Waals surface area contributed by atoms with Gasteiger partial charge in [-0.15, -0.1) is 0 Å². The van der Waals surface area contributed by atoms with Gasteiger partial charge in [-0.25, -0.2) is 0 Å². The summed E-state index contributed by atoms with van der Waals surface area (Å²) in [5.74, 6) is 0.0290. The average Bonchev–Trinajstić information content (AvgIpc) is 2.54. The van der Waals surface area contributed by atoms with E-state index in [0.717, 1.165) is 11.1 Å². The van der Waals surface area contributed by atoms with Crippen molar-refractivity contribution in [2.24, 2.45) is 0 Å². The Labute approximate surface area is 155 Å². The van der Waals surface area contributed by atoms with Crippen LogP contribution in [-0.4, -0.2) is 11.0 Å². The molecule has 0 radical (unpaired) electrons. The summed E-state index contributed by atoms with van der Waals surface area (Å²) in [7, 11) is 0. The highest BCUT2D eigenvalue weighted by atomic mass is 16.3. The highest BCUT2D eigenvalue weighted by Crippen LogP contribution is 2.41. The lowest BCUT2D eigenvalue weighted by molar-refractivity contribution is 0.102. The monoisotopic (exact) mass is 350 g/mol. The van der Waals surface area contributed by atoms with E-state index in [4.69, 9.17) is 5.26 Å². The van der Waals surface area contributed by atoms with Crippen LogP contribution in [0.5, 0.6) is 5.75 Å². The van der Waals surface area contributed by atoms with Gasteiger partial charge in [0, 0.05) is 22.4 Å². The zero-order valence-electron chi connectivity index (χ0n) is 16.3. The van der Waals surface area contributed by atoms with Gasteiger partial charge in [0.2, 0.25) is 0 Å². The van der Waals surface area contributed by atoms with E-state index < -0.39 is 0 Å². The molecule has 2 aromatic rings. The molecule has 0 aliphatic rings. The van der Waals surface area contributed by atoms with Gasteiger partial charge in [-0.05, 0) is 47.2 Å². The summed E-state index contributed by atoms with van der Waals surface area (Å²) >= 11 is 0. The third-order valence-electron chi connectivity index (χ3n) is 4.26. The predicted octanol–water partition coefficient (Wildman–Crippen LogP) is 5.11. The van der Waals surface area contributed by atoms with Crippen LogP contribution in [0.2, 0.25) is 0 Å². The fourth-order valence-corrected chi connectivity index (χ4v) is 2.75. The van der Waals surface area contributed by atoms with Gasteiger partial charge in [-0.3, -0.25) is 4.79 Å². The minimum Gasteiger partial charge on any atom is -0.507 e. The lowest BCUT2D eigenvalue weighted by Gasteiger charge is -2.28. The number of aromatic hydroxyl groups is 1. The van der Waals surface area contributed by atoms with Gasteiger partial charge in [0.25, 0.3) is 5.91 Å². The number of hydrogen-bond donors (Lipinski definition) is 2. The van der Waals surface area contributed by atoms with E-state index in [2.05, 4.69) is 5.32 Å². The Morgan fingerprint density at radius 2 is 1.42 bits per heavy atom. The number of phenolic OH excluding ortho intramolecular Hbond substituents is 1. The van der Waals surface area contributed by atoms with Gasteiger partial charge in [-0.2, -0.15) is 5.26 Å². The molecular formula is C22H26N2O2. The first-order valence-electron chi connectivity index (χ1n) is 8.63. The van der Waals surface area contributed by atoms with E-state index in [9.17, 15) is 9.90 Å².